The van der Waals surface area contributed by atoms with E-state index in [4.69, 9.17) is 4.74 Å². The first-order valence-electron chi connectivity index (χ1n) is 10.0. The van der Waals surface area contributed by atoms with Crippen LogP contribution >= 0.6 is 0 Å². The molecule has 0 spiro atoms. The summed E-state index contributed by atoms with van der Waals surface area (Å²) >= 11 is 0. The van der Waals surface area contributed by atoms with Gasteiger partial charge in [-0.3, -0.25) is 9.78 Å². The molecule has 1 fully saturated rings. The summed E-state index contributed by atoms with van der Waals surface area (Å²) in [6.45, 7) is 2.73. The number of hydrogen-bond acceptors (Lipinski definition) is 6. The van der Waals surface area contributed by atoms with Crippen molar-refractivity contribution in [1.29, 1.82) is 0 Å². The fourth-order valence-electron chi connectivity index (χ4n) is 4.28. The van der Waals surface area contributed by atoms with Crippen LogP contribution in [0.25, 0.3) is 10.9 Å². The second-order valence-corrected chi connectivity index (χ2v) is 7.65. The van der Waals surface area contributed by atoms with E-state index in [0.717, 1.165) is 37.8 Å². The maximum absolute atomic E-state index is 14.1. The van der Waals surface area contributed by atoms with Gasteiger partial charge in [0.1, 0.15) is 12.4 Å². The third kappa shape index (κ3) is 3.28. The lowest BCUT2D eigenvalue weighted by Gasteiger charge is -2.34. The fourth-order valence-corrected chi connectivity index (χ4v) is 4.28. The van der Waals surface area contributed by atoms with Crippen LogP contribution < -0.4 is 20.4 Å². The zero-order valence-electron chi connectivity index (χ0n) is 16.3. The molecule has 9 heteroatoms. The van der Waals surface area contributed by atoms with Crippen LogP contribution in [-0.4, -0.2) is 40.3 Å². The number of piperidine rings is 1. The van der Waals surface area contributed by atoms with Crippen LogP contribution in [0.2, 0.25) is 0 Å². The van der Waals surface area contributed by atoms with Crippen LogP contribution in [0.4, 0.5) is 14.6 Å². The molecule has 1 N–H and O–H groups in total. The summed E-state index contributed by atoms with van der Waals surface area (Å²) in [5.74, 6) is -1.46. The average Bonchev–Trinajstić information content (AvgIpc) is 2.79. The second kappa shape index (κ2) is 7.64. The van der Waals surface area contributed by atoms with Crippen molar-refractivity contribution in [2.45, 2.75) is 32.0 Å². The number of pyridine rings is 1. The van der Waals surface area contributed by atoms with Crippen LogP contribution in [0.15, 0.2) is 35.6 Å². The Balaban J connectivity index is 1.39. The highest BCUT2D eigenvalue weighted by atomic mass is 19.2. The summed E-state index contributed by atoms with van der Waals surface area (Å²) in [6, 6.07) is 1.16. The summed E-state index contributed by atoms with van der Waals surface area (Å²) < 4.78 is 35.2. The fraction of sp³-hybridized carbons (Fsp3) is 0.381. The molecule has 1 atom stereocenters. The van der Waals surface area contributed by atoms with E-state index in [1.54, 1.807) is 29.4 Å². The topological polar surface area (TPSA) is 72.3 Å². The molecule has 2 aliphatic heterocycles. The van der Waals surface area contributed by atoms with Crippen LogP contribution in [0.1, 0.15) is 18.4 Å². The molecule has 1 saturated heterocycles. The Hall–Kier alpha value is -3.07. The van der Waals surface area contributed by atoms with Crippen molar-refractivity contribution in [3.05, 3.63) is 58.3 Å². The van der Waals surface area contributed by atoms with Gasteiger partial charge >= 0.3 is 0 Å². The summed E-state index contributed by atoms with van der Waals surface area (Å²) in [5.41, 5.74) is 0.541. The first kappa shape index (κ1) is 18.9. The molecule has 30 heavy (non-hydrogen) atoms. The summed E-state index contributed by atoms with van der Waals surface area (Å²) in [5, 5.41) is 3.60. The van der Waals surface area contributed by atoms with E-state index in [-0.39, 0.29) is 29.2 Å². The molecule has 0 aliphatic carbocycles. The van der Waals surface area contributed by atoms with Gasteiger partial charge < -0.3 is 19.5 Å². The molecule has 1 aromatic carbocycles. The lowest BCUT2D eigenvalue weighted by molar-refractivity contribution is 0.267. The van der Waals surface area contributed by atoms with Crippen LogP contribution in [-0.2, 0) is 13.1 Å². The van der Waals surface area contributed by atoms with Gasteiger partial charge in [-0.15, -0.1) is 0 Å². The third-order valence-corrected chi connectivity index (χ3v) is 5.74. The van der Waals surface area contributed by atoms with E-state index in [9.17, 15) is 13.6 Å². The van der Waals surface area contributed by atoms with E-state index in [1.165, 1.54) is 0 Å². The van der Waals surface area contributed by atoms with Crippen LogP contribution in [0.5, 0.6) is 5.75 Å². The van der Waals surface area contributed by atoms with Gasteiger partial charge in [-0.2, -0.15) is 4.39 Å². The first-order valence-corrected chi connectivity index (χ1v) is 10.0. The Labute approximate surface area is 171 Å². The number of benzene rings is 1. The normalized spacial score (nSPS) is 18.5. The highest BCUT2D eigenvalue weighted by Crippen LogP contribution is 2.32. The van der Waals surface area contributed by atoms with Gasteiger partial charge in [0.05, 0.1) is 23.6 Å². The lowest BCUT2D eigenvalue weighted by Crippen LogP contribution is -2.46. The summed E-state index contributed by atoms with van der Waals surface area (Å²) in [6.07, 6.45) is 8.78. The van der Waals surface area contributed by atoms with Gasteiger partial charge in [0.15, 0.2) is 17.0 Å². The number of hydrogen-bond donors (Lipinski definition) is 1. The van der Waals surface area contributed by atoms with Gasteiger partial charge in [-0.05, 0) is 18.9 Å². The number of halogens is 2. The van der Waals surface area contributed by atoms with Crippen molar-refractivity contribution < 1.29 is 13.5 Å². The quantitative estimate of drug-likeness (QED) is 0.707. The predicted octanol–water partition coefficient (Wildman–Crippen LogP) is 2.22. The number of nitrogens with zero attached hydrogens (tertiary/aromatic N) is 4. The summed E-state index contributed by atoms with van der Waals surface area (Å²) in [7, 11) is 0. The molecule has 156 valence electrons. The minimum absolute atomic E-state index is 0.146. The lowest BCUT2D eigenvalue weighted by atomic mass is 10.0. The number of rotatable bonds is 4. The maximum Gasteiger partial charge on any atom is 0.202 e. The van der Waals surface area contributed by atoms with Gasteiger partial charge in [-0.1, -0.05) is 0 Å². The maximum atomic E-state index is 14.1. The molecule has 4 heterocycles. The molecule has 2 aromatic heterocycles. The molecule has 0 amide bonds. The van der Waals surface area contributed by atoms with Crippen molar-refractivity contribution in [2.24, 2.45) is 0 Å². The average molecular weight is 413 g/mol. The predicted molar refractivity (Wildman–Crippen MR) is 108 cm³/mol. The second-order valence-electron chi connectivity index (χ2n) is 7.65. The highest BCUT2D eigenvalue weighted by molar-refractivity contribution is 5.86. The van der Waals surface area contributed by atoms with Crippen molar-refractivity contribution >= 4 is 16.7 Å². The Morgan fingerprint density at radius 1 is 1.27 bits per heavy atom. The number of ether oxygens (including phenoxy) is 1. The Bertz CT molecular complexity index is 1150. The van der Waals surface area contributed by atoms with Gasteiger partial charge in [0.2, 0.25) is 5.82 Å². The van der Waals surface area contributed by atoms with Gasteiger partial charge in [0.25, 0.3) is 0 Å². The van der Waals surface area contributed by atoms with Crippen molar-refractivity contribution in [3.63, 3.8) is 0 Å². The minimum Gasteiger partial charge on any atom is -0.486 e. The van der Waals surface area contributed by atoms with Crippen LogP contribution in [0, 0.1) is 11.6 Å². The minimum atomic E-state index is -1.07. The van der Waals surface area contributed by atoms with E-state index in [1.807, 2.05) is 0 Å². The molecular weight excluding hydrogens is 392 g/mol. The molecule has 2 aliphatic rings. The monoisotopic (exact) mass is 413 g/mol. The molecule has 0 radical (unpaired) electrons. The first-order chi connectivity index (χ1) is 14.6. The zero-order chi connectivity index (χ0) is 20.7. The molecule has 0 bridgehead atoms. The van der Waals surface area contributed by atoms with E-state index in [0.29, 0.717) is 24.2 Å². The van der Waals surface area contributed by atoms with Gasteiger partial charge in [-0.25, -0.2) is 9.37 Å². The molecule has 5 rings (SSSR count). The molecule has 0 unspecified atom stereocenters. The van der Waals surface area contributed by atoms with Crippen LogP contribution in [0.3, 0.4) is 0 Å². The molecular formula is C21H21F2N5O2. The Kier molecular flexibility index (Phi) is 4.82. The summed E-state index contributed by atoms with van der Waals surface area (Å²) in [4.78, 5) is 23.6. The van der Waals surface area contributed by atoms with Crippen molar-refractivity contribution in [3.8, 4) is 5.75 Å². The highest BCUT2D eigenvalue weighted by Gasteiger charge is 2.25. The smallest absolute Gasteiger partial charge is 0.202 e. The van der Waals surface area contributed by atoms with Crippen molar-refractivity contribution in [1.82, 2.24) is 19.9 Å². The van der Waals surface area contributed by atoms with E-state index in [2.05, 4.69) is 20.2 Å². The Morgan fingerprint density at radius 2 is 2.17 bits per heavy atom. The van der Waals surface area contributed by atoms with E-state index < -0.39 is 11.6 Å². The SMILES string of the molecule is O=c1c(CN[C@H]2CCCN(c3cnccn3)C2)cn2c3c(c(F)c(F)cc13)OCC2. The largest absolute Gasteiger partial charge is 0.486 e. The van der Waals surface area contributed by atoms with Gasteiger partial charge in [0, 0.05) is 49.8 Å². The molecule has 7 nitrogen and oxygen atoms in total. The Morgan fingerprint density at radius 3 is 3.00 bits per heavy atom. The third-order valence-electron chi connectivity index (χ3n) is 5.74. The van der Waals surface area contributed by atoms with E-state index >= 15 is 0 Å². The molecule has 3 aromatic rings. The number of aromatic nitrogens is 3. The standard InChI is InChI=1S/C21H21F2N5O2/c22-16-8-15-19-21(18(16)23)30-7-6-28(19)11-13(20(15)29)9-26-14-2-1-5-27(12-14)17-10-24-3-4-25-17/h3-4,8,10-11,14,26H,1-2,5-7,9,12H2/t14-/m0/s1. The van der Waals surface area contributed by atoms with Crippen molar-refractivity contribution in [2.75, 3.05) is 24.6 Å². The number of anilines is 1. The number of nitrogens with one attached hydrogen (secondary N) is 1. The molecule has 0 saturated carbocycles. The zero-order valence-corrected chi connectivity index (χ0v) is 16.3.